The third-order valence-electron chi connectivity index (χ3n) is 2.61. The van der Waals surface area contributed by atoms with Gasteiger partial charge >= 0.3 is 0 Å². The molecule has 1 aliphatic rings. The summed E-state index contributed by atoms with van der Waals surface area (Å²) in [6.45, 7) is 3.96. The third-order valence-corrected chi connectivity index (χ3v) is 2.61. The number of nitrogens with two attached hydrogens (primary N) is 1. The molecule has 1 saturated heterocycles. The van der Waals surface area contributed by atoms with Crippen molar-refractivity contribution in [3.05, 3.63) is 0 Å². The Bertz CT molecular complexity index is 193. The average molecular weight is 215 g/mol. The second-order valence-corrected chi connectivity index (χ2v) is 3.82. The number of piperazine rings is 1. The van der Waals surface area contributed by atoms with E-state index in [0.717, 1.165) is 32.6 Å². The molecule has 1 heterocycles. The first-order valence-corrected chi connectivity index (χ1v) is 5.49. The van der Waals surface area contributed by atoms with Crippen molar-refractivity contribution in [1.82, 2.24) is 10.2 Å². The number of rotatable bonds is 5. The molecule has 88 valence electrons. The zero-order valence-electron chi connectivity index (χ0n) is 9.37. The van der Waals surface area contributed by atoms with E-state index >= 15 is 0 Å². The van der Waals surface area contributed by atoms with Crippen molar-refractivity contribution >= 4 is 5.91 Å². The first kappa shape index (κ1) is 12.4. The Morgan fingerprint density at radius 3 is 2.80 bits per heavy atom. The normalized spacial score (nSPS) is 18.9. The van der Waals surface area contributed by atoms with E-state index in [-0.39, 0.29) is 11.9 Å². The van der Waals surface area contributed by atoms with Gasteiger partial charge in [-0.3, -0.25) is 4.79 Å². The van der Waals surface area contributed by atoms with E-state index in [0.29, 0.717) is 13.0 Å². The van der Waals surface area contributed by atoms with E-state index in [4.69, 9.17) is 10.5 Å². The van der Waals surface area contributed by atoms with Crippen LogP contribution >= 0.6 is 0 Å². The topological polar surface area (TPSA) is 67.6 Å². The van der Waals surface area contributed by atoms with Gasteiger partial charge in [0, 0.05) is 39.9 Å². The van der Waals surface area contributed by atoms with Crippen molar-refractivity contribution in [3.63, 3.8) is 0 Å². The summed E-state index contributed by atoms with van der Waals surface area (Å²) in [5.41, 5.74) is 5.82. The summed E-state index contributed by atoms with van der Waals surface area (Å²) in [4.78, 5) is 13.7. The minimum absolute atomic E-state index is 0.0765. The van der Waals surface area contributed by atoms with Crippen molar-refractivity contribution in [1.29, 1.82) is 0 Å². The van der Waals surface area contributed by atoms with Gasteiger partial charge in [0.05, 0.1) is 6.04 Å². The van der Waals surface area contributed by atoms with Crippen LogP contribution in [-0.2, 0) is 9.53 Å². The van der Waals surface area contributed by atoms with Crippen LogP contribution in [0.25, 0.3) is 0 Å². The van der Waals surface area contributed by atoms with Crippen LogP contribution in [0.5, 0.6) is 0 Å². The molecule has 0 aromatic heterocycles. The zero-order valence-corrected chi connectivity index (χ0v) is 9.37. The Kier molecular flexibility index (Phi) is 5.60. The molecule has 0 aromatic rings. The maximum Gasteiger partial charge on any atom is 0.239 e. The lowest BCUT2D eigenvalue weighted by atomic mass is 10.1. The van der Waals surface area contributed by atoms with Crippen LogP contribution in [0.4, 0.5) is 0 Å². The van der Waals surface area contributed by atoms with Gasteiger partial charge in [-0.2, -0.15) is 0 Å². The second-order valence-electron chi connectivity index (χ2n) is 3.82. The molecule has 1 atom stereocenters. The summed E-state index contributed by atoms with van der Waals surface area (Å²) in [6, 6.07) is -0.363. The lowest BCUT2D eigenvalue weighted by molar-refractivity contribution is -0.133. The molecule has 0 saturated carbocycles. The van der Waals surface area contributed by atoms with Gasteiger partial charge < -0.3 is 20.7 Å². The van der Waals surface area contributed by atoms with Crippen LogP contribution in [0.15, 0.2) is 0 Å². The number of nitrogens with one attached hydrogen (secondary N) is 1. The van der Waals surface area contributed by atoms with E-state index in [1.165, 1.54) is 0 Å². The molecule has 0 aliphatic carbocycles. The number of ether oxygens (including phenoxy) is 1. The summed E-state index contributed by atoms with van der Waals surface area (Å²) in [5, 5.41) is 3.21. The summed E-state index contributed by atoms with van der Waals surface area (Å²) >= 11 is 0. The molecule has 3 N–H and O–H groups in total. The largest absolute Gasteiger partial charge is 0.385 e. The predicted molar refractivity (Wildman–Crippen MR) is 58.5 cm³/mol. The molecule has 0 aromatic carbocycles. The minimum Gasteiger partial charge on any atom is -0.385 e. The highest BCUT2D eigenvalue weighted by Crippen LogP contribution is 2.02. The Labute approximate surface area is 90.9 Å². The Morgan fingerprint density at radius 2 is 2.20 bits per heavy atom. The fourth-order valence-corrected chi connectivity index (χ4v) is 1.69. The fraction of sp³-hybridized carbons (Fsp3) is 0.900. The van der Waals surface area contributed by atoms with E-state index in [1.807, 2.05) is 4.90 Å². The highest BCUT2D eigenvalue weighted by molar-refractivity contribution is 5.81. The van der Waals surface area contributed by atoms with Gasteiger partial charge in [-0.05, 0) is 12.8 Å². The number of hydrogen-bond donors (Lipinski definition) is 2. The van der Waals surface area contributed by atoms with Crippen molar-refractivity contribution in [2.45, 2.75) is 18.9 Å². The number of amides is 1. The van der Waals surface area contributed by atoms with Crippen molar-refractivity contribution < 1.29 is 9.53 Å². The zero-order chi connectivity index (χ0) is 11.1. The Hall–Kier alpha value is -0.650. The summed E-state index contributed by atoms with van der Waals surface area (Å²) in [7, 11) is 1.66. The molecule has 1 unspecified atom stereocenters. The van der Waals surface area contributed by atoms with Crippen molar-refractivity contribution in [3.8, 4) is 0 Å². The molecule has 15 heavy (non-hydrogen) atoms. The van der Waals surface area contributed by atoms with Gasteiger partial charge in [0.25, 0.3) is 0 Å². The van der Waals surface area contributed by atoms with Gasteiger partial charge in [-0.15, -0.1) is 0 Å². The van der Waals surface area contributed by atoms with E-state index in [9.17, 15) is 4.79 Å². The maximum absolute atomic E-state index is 11.8. The molecular formula is C10H21N3O2. The molecule has 5 heteroatoms. The van der Waals surface area contributed by atoms with Gasteiger partial charge in [0.1, 0.15) is 0 Å². The fourth-order valence-electron chi connectivity index (χ4n) is 1.69. The van der Waals surface area contributed by atoms with E-state index < -0.39 is 0 Å². The number of hydrogen-bond acceptors (Lipinski definition) is 4. The number of carbonyl (C=O) groups excluding carboxylic acids is 1. The molecule has 0 bridgehead atoms. The van der Waals surface area contributed by atoms with Crippen molar-refractivity contribution in [2.75, 3.05) is 39.9 Å². The number of carbonyl (C=O) groups is 1. The third kappa shape index (κ3) is 4.15. The lowest BCUT2D eigenvalue weighted by Gasteiger charge is -2.29. The van der Waals surface area contributed by atoms with Crippen LogP contribution in [0.3, 0.4) is 0 Å². The summed E-state index contributed by atoms with van der Waals surface area (Å²) in [5.74, 6) is 0.0765. The summed E-state index contributed by atoms with van der Waals surface area (Å²) < 4.78 is 4.93. The number of nitrogens with zero attached hydrogens (tertiary/aromatic N) is 1. The Balaban J connectivity index is 2.24. The van der Waals surface area contributed by atoms with Gasteiger partial charge in [0.2, 0.25) is 5.91 Å². The quantitative estimate of drug-likeness (QED) is 0.588. The van der Waals surface area contributed by atoms with E-state index in [2.05, 4.69) is 5.32 Å². The predicted octanol–water partition coefficient (Wildman–Crippen LogP) is -0.828. The molecule has 1 aliphatic heterocycles. The van der Waals surface area contributed by atoms with Crippen molar-refractivity contribution in [2.24, 2.45) is 5.73 Å². The average Bonchev–Trinajstić information content (AvgIpc) is 2.29. The van der Waals surface area contributed by atoms with Gasteiger partial charge in [0.15, 0.2) is 0 Å². The standard InChI is InChI=1S/C10H21N3O2/c1-15-8-2-3-9(11)10(14)13-6-4-12-5-7-13/h9,12H,2-8,11H2,1H3. The number of methoxy groups -OCH3 is 1. The maximum atomic E-state index is 11.8. The molecule has 0 radical (unpaired) electrons. The highest BCUT2D eigenvalue weighted by Gasteiger charge is 2.21. The smallest absolute Gasteiger partial charge is 0.239 e. The lowest BCUT2D eigenvalue weighted by Crippen LogP contribution is -2.51. The first-order valence-electron chi connectivity index (χ1n) is 5.49. The van der Waals surface area contributed by atoms with Gasteiger partial charge in [-0.25, -0.2) is 0 Å². The molecule has 1 fully saturated rings. The first-order chi connectivity index (χ1) is 7.25. The monoisotopic (exact) mass is 215 g/mol. The SMILES string of the molecule is COCCCC(N)C(=O)N1CCNCC1. The van der Waals surface area contributed by atoms with Crippen LogP contribution in [0, 0.1) is 0 Å². The van der Waals surface area contributed by atoms with Crippen LogP contribution < -0.4 is 11.1 Å². The molecular weight excluding hydrogens is 194 g/mol. The second kappa shape index (κ2) is 6.76. The molecule has 5 nitrogen and oxygen atoms in total. The Morgan fingerprint density at radius 1 is 1.53 bits per heavy atom. The molecule has 0 spiro atoms. The summed E-state index contributed by atoms with van der Waals surface area (Å²) in [6.07, 6.45) is 1.55. The molecule has 1 rings (SSSR count). The molecule has 1 amide bonds. The van der Waals surface area contributed by atoms with Crippen LogP contribution in [0.1, 0.15) is 12.8 Å². The minimum atomic E-state index is -0.363. The van der Waals surface area contributed by atoms with Gasteiger partial charge in [-0.1, -0.05) is 0 Å². The van der Waals surface area contributed by atoms with E-state index in [1.54, 1.807) is 7.11 Å². The van der Waals surface area contributed by atoms with Crippen LogP contribution in [-0.4, -0.2) is 56.7 Å². The van der Waals surface area contributed by atoms with Crippen LogP contribution in [0.2, 0.25) is 0 Å². The highest BCUT2D eigenvalue weighted by atomic mass is 16.5.